The lowest BCUT2D eigenvalue weighted by atomic mass is 9.98. The number of hydrogen-bond acceptors (Lipinski definition) is 7. The number of carboxylic acid groups (broad SMARTS) is 1. The number of thioether (sulfide) groups is 1. The van der Waals surface area contributed by atoms with Gasteiger partial charge in [-0.25, -0.2) is 14.3 Å². The van der Waals surface area contributed by atoms with Crippen LogP contribution in [-0.2, 0) is 16.1 Å². The number of rotatable bonds is 7. The molecular weight excluding hydrogens is 470 g/mol. The van der Waals surface area contributed by atoms with Crippen molar-refractivity contribution in [3.8, 4) is 11.1 Å². The molecule has 2 aromatic carbocycles. The zero-order valence-corrected chi connectivity index (χ0v) is 19.5. The molecule has 2 amide bonds. The molecule has 0 unspecified atom stereocenters. The summed E-state index contributed by atoms with van der Waals surface area (Å²) in [4.78, 5) is 37.5. The van der Waals surface area contributed by atoms with Gasteiger partial charge in [0.15, 0.2) is 5.69 Å². The fourth-order valence-corrected chi connectivity index (χ4v) is 5.57. The molecule has 10 nitrogen and oxygen atoms in total. The molecular formula is C24H23N5O5S. The number of carboxylic acids is 1. The van der Waals surface area contributed by atoms with E-state index in [2.05, 4.69) is 39.9 Å². The number of fused-ring (bicyclic) bond motifs is 3. The van der Waals surface area contributed by atoms with E-state index in [0.29, 0.717) is 11.6 Å². The van der Waals surface area contributed by atoms with E-state index < -0.39 is 24.0 Å². The van der Waals surface area contributed by atoms with E-state index in [1.807, 2.05) is 24.3 Å². The van der Waals surface area contributed by atoms with Crippen molar-refractivity contribution in [3.05, 3.63) is 71.5 Å². The van der Waals surface area contributed by atoms with Gasteiger partial charge in [0.2, 0.25) is 0 Å². The van der Waals surface area contributed by atoms with Gasteiger partial charge in [-0.2, -0.15) is 0 Å². The zero-order valence-electron chi connectivity index (χ0n) is 18.7. The number of carbonyl (C=O) groups excluding carboxylic acids is 2. The Hall–Kier alpha value is -3.86. The standard InChI is InChI=1S/C24H23N5O5S/c30-22(29-14-35-13-21(29)23(31)32)20-11-28(27-26-20)10-9-25-24(33)34-12-19-17-7-3-1-5-15(17)16-6-2-4-8-18(16)19/h1-8,11,19,21H,9-10,12-14H2,(H,25,33)(H,31,32)/t21-/m0/s1. The third kappa shape index (κ3) is 4.59. The van der Waals surface area contributed by atoms with Gasteiger partial charge >= 0.3 is 12.1 Å². The van der Waals surface area contributed by atoms with E-state index in [0.717, 1.165) is 22.3 Å². The molecule has 2 heterocycles. The molecule has 2 aliphatic rings. The van der Waals surface area contributed by atoms with Crippen LogP contribution >= 0.6 is 11.8 Å². The molecule has 0 radical (unpaired) electrons. The summed E-state index contributed by atoms with van der Waals surface area (Å²) in [5.41, 5.74) is 4.68. The second-order valence-corrected chi connectivity index (χ2v) is 9.25. The van der Waals surface area contributed by atoms with Gasteiger partial charge in [0.1, 0.15) is 12.6 Å². The van der Waals surface area contributed by atoms with Crippen LogP contribution in [0.15, 0.2) is 54.7 Å². The van der Waals surface area contributed by atoms with Crippen LogP contribution in [0.5, 0.6) is 0 Å². The molecule has 3 aromatic rings. The third-order valence-corrected chi connectivity index (χ3v) is 7.15. The third-order valence-electron chi connectivity index (χ3n) is 6.14. The van der Waals surface area contributed by atoms with Crippen LogP contribution in [-0.4, -0.2) is 73.8 Å². The van der Waals surface area contributed by atoms with Gasteiger partial charge in [-0.05, 0) is 22.3 Å². The fraction of sp³-hybridized carbons (Fsp3) is 0.292. The number of hydrogen-bond donors (Lipinski definition) is 2. The Kier molecular flexibility index (Phi) is 6.41. The summed E-state index contributed by atoms with van der Waals surface area (Å²) in [6.45, 7) is 0.729. The largest absolute Gasteiger partial charge is 0.480 e. The average molecular weight is 494 g/mol. The van der Waals surface area contributed by atoms with Crippen molar-refractivity contribution in [1.29, 1.82) is 0 Å². The highest BCUT2D eigenvalue weighted by molar-refractivity contribution is 7.99. The van der Waals surface area contributed by atoms with E-state index >= 15 is 0 Å². The molecule has 35 heavy (non-hydrogen) atoms. The first-order chi connectivity index (χ1) is 17.0. The second-order valence-electron chi connectivity index (χ2n) is 8.25. The molecule has 11 heteroatoms. The quantitative estimate of drug-likeness (QED) is 0.514. The molecule has 1 aromatic heterocycles. The van der Waals surface area contributed by atoms with Crippen LogP contribution in [0.1, 0.15) is 27.5 Å². The first kappa shape index (κ1) is 22.9. The number of benzene rings is 2. The van der Waals surface area contributed by atoms with Gasteiger partial charge < -0.3 is 20.1 Å². The van der Waals surface area contributed by atoms with Crippen molar-refractivity contribution < 1.29 is 24.2 Å². The van der Waals surface area contributed by atoms with Crippen molar-refractivity contribution in [2.45, 2.75) is 18.5 Å². The molecule has 1 aliphatic heterocycles. The summed E-state index contributed by atoms with van der Waals surface area (Å²) in [5, 5.41) is 19.7. The summed E-state index contributed by atoms with van der Waals surface area (Å²) in [7, 11) is 0. The fourth-order valence-electron chi connectivity index (χ4n) is 4.42. The Morgan fingerprint density at radius 2 is 1.77 bits per heavy atom. The average Bonchev–Trinajstić information content (AvgIpc) is 3.60. The minimum absolute atomic E-state index is 0.0181. The van der Waals surface area contributed by atoms with Crippen LogP contribution in [0.4, 0.5) is 4.79 Å². The minimum Gasteiger partial charge on any atom is -0.480 e. The lowest BCUT2D eigenvalue weighted by Crippen LogP contribution is -2.41. The lowest BCUT2D eigenvalue weighted by Gasteiger charge is -2.18. The van der Waals surface area contributed by atoms with Gasteiger partial charge in [-0.1, -0.05) is 53.7 Å². The molecule has 180 valence electrons. The van der Waals surface area contributed by atoms with Gasteiger partial charge in [-0.15, -0.1) is 16.9 Å². The predicted octanol–water partition coefficient (Wildman–Crippen LogP) is 2.42. The topological polar surface area (TPSA) is 127 Å². The van der Waals surface area contributed by atoms with Crippen LogP contribution in [0.25, 0.3) is 11.1 Å². The van der Waals surface area contributed by atoms with Crippen LogP contribution in [0.2, 0.25) is 0 Å². The van der Waals surface area contributed by atoms with E-state index in [1.165, 1.54) is 27.5 Å². The molecule has 1 fully saturated rings. The summed E-state index contributed by atoms with van der Waals surface area (Å²) < 4.78 is 6.94. The van der Waals surface area contributed by atoms with Crippen molar-refractivity contribution in [2.24, 2.45) is 0 Å². The number of ether oxygens (including phenoxy) is 1. The number of aliphatic carboxylic acids is 1. The number of amides is 2. The van der Waals surface area contributed by atoms with E-state index in [4.69, 9.17) is 4.74 Å². The highest BCUT2D eigenvalue weighted by atomic mass is 32.2. The van der Waals surface area contributed by atoms with Crippen molar-refractivity contribution in [1.82, 2.24) is 25.2 Å². The molecule has 1 aliphatic carbocycles. The summed E-state index contributed by atoms with van der Waals surface area (Å²) in [5.74, 6) is -0.887. The van der Waals surface area contributed by atoms with E-state index in [9.17, 15) is 19.5 Å². The van der Waals surface area contributed by atoms with Crippen LogP contribution < -0.4 is 5.32 Å². The molecule has 5 rings (SSSR count). The summed E-state index contributed by atoms with van der Waals surface area (Å²) >= 11 is 1.38. The Morgan fingerprint density at radius 1 is 1.09 bits per heavy atom. The van der Waals surface area contributed by atoms with Gasteiger partial charge in [0.05, 0.1) is 18.6 Å². The van der Waals surface area contributed by atoms with E-state index in [1.54, 1.807) is 0 Å². The smallest absolute Gasteiger partial charge is 0.407 e. The Bertz CT molecular complexity index is 1230. The summed E-state index contributed by atoms with van der Waals surface area (Å²) in [6, 6.07) is 15.4. The maximum absolute atomic E-state index is 12.6. The van der Waals surface area contributed by atoms with Gasteiger partial charge in [0.25, 0.3) is 5.91 Å². The molecule has 2 N–H and O–H groups in total. The lowest BCUT2D eigenvalue weighted by molar-refractivity contribution is -0.140. The highest BCUT2D eigenvalue weighted by Crippen LogP contribution is 2.44. The second kappa shape index (κ2) is 9.79. The van der Waals surface area contributed by atoms with E-state index in [-0.39, 0.29) is 31.3 Å². The van der Waals surface area contributed by atoms with Crippen LogP contribution in [0.3, 0.4) is 0 Å². The van der Waals surface area contributed by atoms with Gasteiger partial charge in [-0.3, -0.25) is 4.79 Å². The van der Waals surface area contributed by atoms with Crippen LogP contribution in [0, 0.1) is 0 Å². The molecule has 0 spiro atoms. The number of nitrogens with one attached hydrogen (secondary N) is 1. The monoisotopic (exact) mass is 493 g/mol. The van der Waals surface area contributed by atoms with Gasteiger partial charge in [0, 0.05) is 18.2 Å². The first-order valence-corrected chi connectivity index (χ1v) is 12.3. The van der Waals surface area contributed by atoms with Crippen molar-refractivity contribution in [2.75, 3.05) is 24.8 Å². The Balaban J connectivity index is 1.12. The number of alkyl carbamates (subject to hydrolysis) is 1. The predicted molar refractivity (Wildman–Crippen MR) is 128 cm³/mol. The normalized spacial score (nSPS) is 16.6. The number of nitrogens with zero attached hydrogens (tertiary/aromatic N) is 4. The first-order valence-electron chi connectivity index (χ1n) is 11.1. The minimum atomic E-state index is -1.04. The molecule has 1 saturated heterocycles. The Labute approximate surface area is 205 Å². The zero-order chi connectivity index (χ0) is 24.4. The Morgan fingerprint density at radius 3 is 2.46 bits per heavy atom. The molecule has 0 bridgehead atoms. The SMILES string of the molecule is O=C(NCCn1cc(C(=O)N2CSC[C@H]2C(=O)O)nn1)OCC1c2ccccc2-c2ccccc21. The maximum atomic E-state index is 12.6. The highest BCUT2D eigenvalue weighted by Gasteiger charge is 2.36. The molecule has 1 atom stereocenters. The van der Waals surface area contributed by atoms with Crippen molar-refractivity contribution >= 4 is 29.7 Å². The van der Waals surface area contributed by atoms with Crippen molar-refractivity contribution in [3.63, 3.8) is 0 Å². The summed E-state index contributed by atoms with van der Waals surface area (Å²) in [6.07, 6.45) is 0.908. The maximum Gasteiger partial charge on any atom is 0.407 e. The number of aromatic nitrogens is 3. The number of carbonyl (C=O) groups is 3. The molecule has 0 saturated carbocycles.